The molecule has 0 unspecified atom stereocenters. The van der Waals surface area contributed by atoms with Gasteiger partial charge in [0.1, 0.15) is 0 Å². The lowest BCUT2D eigenvalue weighted by molar-refractivity contribution is 0.0523. The number of nitrogens with zero attached hydrogens (tertiary/aromatic N) is 1. The Labute approximate surface area is 124 Å². The highest BCUT2D eigenvalue weighted by molar-refractivity contribution is 7.89. The van der Waals surface area contributed by atoms with Crippen LogP contribution >= 0.6 is 0 Å². The number of ether oxygens (including phenoxy) is 1. The SMILES string of the molecule is CCOC(=O)c1c(C)cc(=O)n(CCS(=O)(=O)NC)c1C. The van der Waals surface area contributed by atoms with E-state index in [-0.39, 0.29) is 24.5 Å². The third-order valence-electron chi connectivity index (χ3n) is 3.14. The number of nitrogens with one attached hydrogen (secondary N) is 1. The molecule has 1 N–H and O–H groups in total. The van der Waals surface area contributed by atoms with Gasteiger partial charge in [-0.2, -0.15) is 0 Å². The monoisotopic (exact) mass is 316 g/mol. The molecule has 0 fully saturated rings. The van der Waals surface area contributed by atoms with Gasteiger partial charge in [0.15, 0.2) is 0 Å². The Kier molecular flexibility index (Phi) is 5.68. The fourth-order valence-corrected chi connectivity index (χ4v) is 2.65. The van der Waals surface area contributed by atoms with E-state index < -0.39 is 16.0 Å². The minimum atomic E-state index is -3.43. The zero-order valence-electron chi connectivity index (χ0n) is 12.6. The molecule has 0 aliphatic rings. The minimum absolute atomic E-state index is 0.0273. The van der Waals surface area contributed by atoms with E-state index in [9.17, 15) is 18.0 Å². The molecule has 0 aromatic carbocycles. The van der Waals surface area contributed by atoms with Gasteiger partial charge in [0.2, 0.25) is 10.0 Å². The highest BCUT2D eigenvalue weighted by Gasteiger charge is 2.18. The molecule has 1 heterocycles. The minimum Gasteiger partial charge on any atom is -0.462 e. The number of sulfonamides is 1. The van der Waals surface area contributed by atoms with Gasteiger partial charge >= 0.3 is 5.97 Å². The van der Waals surface area contributed by atoms with E-state index in [0.29, 0.717) is 16.8 Å². The maximum Gasteiger partial charge on any atom is 0.340 e. The Hall–Kier alpha value is -1.67. The van der Waals surface area contributed by atoms with Crippen molar-refractivity contribution in [3.63, 3.8) is 0 Å². The molecule has 1 aromatic rings. The molecule has 8 heteroatoms. The number of aryl methyl sites for hydroxylation is 1. The number of esters is 1. The van der Waals surface area contributed by atoms with Crippen LogP contribution in [0.3, 0.4) is 0 Å². The first kappa shape index (κ1) is 17.4. The second kappa shape index (κ2) is 6.86. The van der Waals surface area contributed by atoms with Crippen LogP contribution in [0.15, 0.2) is 10.9 Å². The molecule has 1 rings (SSSR count). The van der Waals surface area contributed by atoms with E-state index in [1.54, 1.807) is 20.8 Å². The second-order valence-electron chi connectivity index (χ2n) is 4.52. The Morgan fingerprint density at radius 2 is 2.00 bits per heavy atom. The molecule has 0 atom stereocenters. The maximum absolute atomic E-state index is 12.0. The summed E-state index contributed by atoms with van der Waals surface area (Å²) in [6.07, 6.45) is 0. The van der Waals surface area contributed by atoms with Gasteiger partial charge in [-0.3, -0.25) is 4.79 Å². The van der Waals surface area contributed by atoms with Crippen LogP contribution in [0.1, 0.15) is 28.5 Å². The van der Waals surface area contributed by atoms with Gasteiger partial charge in [0.05, 0.1) is 17.9 Å². The molecule has 118 valence electrons. The first-order valence-electron chi connectivity index (χ1n) is 6.53. The quantitative estimate of drug-likeness (QED) is 0.756. The van der Waals surface area contributed by atoms with Crippen molar-refractivity contribution in [2.45, 2.75) is 27.3 Å². The first-order chi connectivity index (χ1) is 9.73. The molecule has 0 aliphatic carbocycles. The third-order valence-corrected chi connectivity index (χ3v) is 4.48. The van der Waals surface area contributed by atoms with Gasteiger partial charge in [-0.05, 0) is 33.4 Å². The van der Waals surface area contributed by atoms with Crippen LogP contribution in [-0.2, 0) is 21.3 Å². The summed E-state index contributed by atoms with van der Waals surface area (Å²) in [5.41, 5.74) is 0.885. The second-order valence-corrected chi connectivity index (χ2v) is 6.57. The zero-order chi connectivity index (χ0) is 16.2. The standard InChI is InChI=1S/C13H20N2O5S/c1-5-20-13(17)12-9(2)8-11(16)15(10(12)3)6-7-21(18,19)14-4/h8,14H,5-7H2,1-4H3. The fourth-order valence-electron chi connectivity index (χ4n) is 2.02. The highest BCUT2D eigenvalue weighted by Crippen LogP contribution is 2.13. The van der Waals surface area contributed by atoms with Crippen LogP contribution in [0.2, 0.25) is 0 Å². The number of hydrogen-bond acceptors (Lipinski definition) is 5. The fraction of sp³-hybridized carbons (Fsp3) is 0.538. The van der Waals surface area contributed by atoms with Crippen LogP contribution in [0.25, 0.3) is 0 Å². The van der Waals surface area contributed by atoms with E-state index in [0.717, 1.165) is 0 Å². The van der Waals surface area contributed by atoms with Crippen molar-refractivity contribution < 1.29 is 17.9 Å². The molecule has 0 amide bonds. The van der Waals surface area contributed by atoms with Crippen molar-refractivity contribution in [1.29, 1.82) is 0 Å². The van der Waals surface area contributed by atoms with Crippen molar-refractivity contribution >= 4 is 16.0 Å². The molecule has 0 saturated carbocycles. The van der Waals surface area contributed by atoms with Crippen molar-refractivity contribution in [3.8, 4) is 0 Å². The van der Waals surface area contributed by atoms with Gasteiger partial charge in [-0.1, -0.05) is 0 Å². The average Bonchev–Trinajstić information content (AvgIpc) is 2.38. The summed E-state index contributed by atoms with van der Waals surface area (Å²) in [5, 5.41) is 0. The number of rotatable bonds is 6. The Bertz CT molecular complexity index is 691. The van der Waals surface area contributed by atoms with Gasteiger partial charge in [0.25, 0.3) is 5.56 Å². The van der Waals surface area contributed by atoms with Crippen LogP contribution in [0.4, 0.5) is 0 Å². The number of pyridine rings is 1. The number of carbonyl (C=O) groups is 1. The molecule has 0 bridgehead atoms. The van der Waals surface area contributed by atoms with Gasteiger partial charge in [-0.15, -0.1) is 0 Å². The van der Waals surface area contributed by atoms with E-state index in [4.69, 9.17) is 4.74 Å². The van der Waals surface area contributed by atoms with E-state index in [2.05, 4.69) is 4.72 Å². The van der Waals surface area contributed by atoms with Crippen molar-refractivity contribution in [1.82, 2.24) is 9.29 Å². The van der Waals surface area contributed by atoms with Crippen molar-refractivity contribution in [3.05, 3.63) is 33.2 Å². The number of carbonyl (C=O) groups excluding carboxylic acids is 1. The third kappa shape index (κ3) is 4.15. The molecule has 1 aromatic heterocycles. The molecular weight excluding hydrogens is 296 g/mol. The summed E-state index contributed by atoms with van der Waals surface area (Å²) < 4.78 is 31.4. The number of hydrogen-bond donors (Lipinski definition) is 1. The summed E-state index contributed by atoms with van der Waals surface area (Å²) in [6.45, 7) is 5.14. The average molecular weight is 316 g/mol. The van der Waals surface area contributed by atoms with Crippen molar-refractivity contribution in [2.24, 2.45) is 0 Å². The molecule has 0 saturated heterocycles. The first-order valence-corrected chi connectivity index (χ1v) is 8.18. The molecule has 0 aliphatic heterocycles. The van der Waals surface area contributed by atoms with Gasteiger partial charge in [-0.25, -0.2) is 17.9 Å². The zero-order valence-corrected chi connectivity index (χ0v) is 13.4. The Balaban J connectivity index is 3.25. The lowest BCUT2D eigenvalue weighted by Crippen LogP contribution is -2.31. The summed E-state index contributed by atoms with van der Waals surface area (Å²) in [5.74, 6) is -0.756. The Morgan fingerprint density at radius 3 is 2.52 bits per heavy atom. The van der Waals surface area contributed by atoms with Gasteiger partial charge < -0.3 is 9.30 Å². The number of aromatic nitrogens is 1. The van der Waals surface area contributed by atoms with Crippen LogP contribution in [0, 0.1) is 13.8 Å². The highest BCUT2D eigenvalue weighted by atomic mass is 32.2. The van der Waals surface area contributed by atoms with Crippen LogP contribution < -0.4 is 10.3 Å². The maximum atomic E-state index is 12.0. The summed E-state index contributed by atoms with van der Waals surface area (Å²) in [6, 6.07) is 1.31. The normalized spacial score (nSPS) is 11.4. The molecule has 7 nitrogen and oxygen atoms in total. The molecular formula is C13H20N2O5S. The van der Waals surface area contributed by atoms with Crippen LogP contribution in [0.5, 0.6) is 0 Å². The van der Waals surface area contributed by atoms with E-state index in [1.165, 1.54) is 17.7 Å². The Morgan fingerprint density at radius 1 is 1.38 bits per heavy atom. The van der Waals surface area contributed by atoms with E-state index in [1.807, 2.05) is 0 Å². The predicted octanol–water partition coefficient (Wildman–Crippen LogP) is 0.191. The lowest BCUT2D eigenvalue weighted by Gasteiger charge is -2.15. The topological polar surface area (TPSA) is 94.5 Å². The molecule has 0 radical (unpaired) electrons. The largest absolute Gasteiger partial charge is 0.462 e. The molecule has 21 heavy (non-hydrogen) atoms. The van der Waals surface area contributed by atoms with Gasteiger partial charge in [0, 0.05) is 18.3 Å². The predicted molar refractivity (Wildman–Crippen MR) is 79.0 cm³/mol. The lowest BCUT2D eigenvalue weighted by atomic mass is 10.1. The summed E-state index contributed by atoms with van der Waals surface area (Å²) in [7, 11) is -2.12. The summed E-state index contributed by atoms with van der Waals surface area (Å²) >= 11 is 0. The summed E-state index contributed by atoms with van der Waals surface area (Å²) in [4.78, 5) is 23.9. The van der Waals surface area contributed by atoms with Crippen molar-refractivity contribution in [2.75, 3.05) is 19.4 Å². The smallest absolute Gasteiger partial charge is 0.340 e. The van der Waals surface area contributed by atoms with Crippen LogP contribution in [-0.4, -0.2) is 38.4 Å². The molecule has 0 spiro atoms. The van der Waals surface area contributed by atoms with E-state index >= 15 is 0 Å².